The van der Waals surface area contributed by atoms with Gasteiger partial charge >= 0.3 is 0 Å². The molecule has 0 bridgehead atoms. The maximum absolute atomic E-state index is 5.03. The predicted molar refractivity (Wildman–Crippen MR) is 73.6 cm³/mol. The number of hydrogen-bond donors (Lipinski definition) is 2. The molecule has 0 spiro atoms. The molecule has 0 saturated carbocycles. The monoisotopic (exact) mass is 258 g/mol. The van der Waals surface area contributed by atoms with Gasteiger partial charge in [-0.1, -0.05) is 11.2 Å². The van der Waals surface area contributed by atoms with Crippen LogP contribution >= 0.6 is 0 Å². The zero-order valence-electron chi connectivity index (χ0n) is 11.0. The molecule has 1 aliphatic rings. The van der Waals surface area contributed by atoms with E-state index < -0.39 is 0 Å². The number of nitrogens with zero attached hydrogens (tertiary/aromatic N) is 2. The van der Waals surface area contributed by atoms with E-state index in [1.54, 1.807) is 0 Å². The minimum absolute atomic E-state index is 0.509. The van der Waals surface area contributed by atoms with Gasteiger partial charge in [-0.3, -0.25) is 0 Å². The van der Waals surface area contributed by atoms with Gasteiger partial charge in [-0.2, -0.15) is 0 Å². The molecule has 1 atom stereocenters. The minimum Gasteiger partial charge on any atom is -0.360 e. The summed E-state index contributed by atoms with van der Waals surface area (Å²) in [6.45, 7) is 4.00. The van der Waals surface area contributed by atoms with E-state index in [0.29, 0.717) is 11.7 Å². The second kappa shape index (κ2) is 5.40. The highest BCUT2D eigenvalue weighted by Crippen LogP contribution is 2.23. The molecule has 1 aliphatic heterocycles. The summed E-state index contributed by atoms with van der Waals surface area (Å²) in [4.78, 5) is 4.67. The Labute approximate surface area is 112 Å². The summed E-state index contributed by atoms with van der Waals surface area (Å²) >= 11 is 0. The molecule has 3 heterocycles. The van der Waals surface area contributed by atoms with Crippen LogP contribution in [-0.4, -0.2) is 23.2 Å². The van der Waals surface area contributed by atoms with E-state index in [1.165, 1.54) is 12.8 Å². The fourth-order valence-corrected chi connectivity index (χ4v) is 2.41. The van der Waals surface area contributed by atoms with Gasteiger partial charge in [0.25, 0.3) is 0 Å². The molecule has 0 radical (unpaired) electrons. The highest BCUT2D eigenvalue weighted by molar-refractivity contribution is 5.51. The predicted octanol–water partition coefficient (Wildman–Crippen LogP) is 2.59. The van der Waals surface area contributed by atoms with Crippen molar-refractivity contribution in [3.8, 4) is 0 Å². The Kier molecular flexibility index (Phi) is 3.46. The van der Waals surface area contributed by atoms with Crippen LogP contribution in [0.4, 0.5) is 11.6 Å². The van der Waals surface area contributed by atoms with E-state index >= 15 is 0 Å². The van der Waals surface area contributed by atoms with Crippen molar-refractivity contribution in [2.75, 3.05) is 18.4 Å². The Bertz CT molecular complexity index is 546. The van der Waals surface area contributed by atoms with E-state index in [4.69, 9.17) is 4.52 Å². The van der Waals surface area contributed by atoms with Crippen LogP contribution in [0.5, 0.6) is 0 Å². The number of hydrogen-bond acceptors (Lipinski definition) is 5. The third kappa shape index (κ3) is 2.93. The summed E-state index contributed by atoms with van der Waals surface area (Å²) in [6.07, 6.45) is 2.42. The van der Waals surface area contributed by atoms with Crippen LogP contribution in [0, 0.1) is 6.92 Å². The van der Waals surface area contributed by atoms with Crippen molar-refractivity contribution in [2.45, 2.75) is 25.7 Å². The Hall–Kier alpha value is -1.88. The van der Waals surface area contributed by atoms with Crippen LogP contribution in [0.3, 0.4) is 0 Å². The smallest absolute Gasteiger partial charge is 0.175 e. The molecule has 0 aliphatic carbocycles. The van der Waals surface area contributed by atoms with E-state index in [0.717, 1.165) is 30.4 Å². The summed E-state index contributed by atoms with van der Waals surface area (Å²) in [5, 5.41) is 10.5. The van der Waals surface area contributed by atoms with Crippen molar-refractivity contribution in [3.63, 3.8) is 0 Å². The molecule has 100 valence electrons. The summed E-state index contributed by atoms with van der Waals surface area (Å²) < 4.78 is 5.03. The molecule has 0 amide bonds. The van der Waals surface area contributed by atoms with E-state index in [-0.39, 0.29) is 0 Å². The average Bonchev–Trinajstić information content (AvgIpc) is 2.85. The van der Waals surface area contributed by atoms with Gasteiger partial charge in [0.15, 0.2) is 5.82 Å². The summed E-state index contributed by atoms with van der Waals surface area (Å²) in [5.41, 5.74) is 1.14. The van der Waals surface area contributed by atoms with Gasteiger partial charge in [-0.15, -0.1) is 0 Å². The largest absolute Gasteiger partial charge is 0.360 e. The second-order valence-corrected chi connectivity index (χ2v) is 4.94. The van der Waals surface area contributed by atoms with Gasteiger partial charge in [-0.25, -0.2) is 4.98 Å². The first-order chi connectivity index (χ1) is 9.31. The van der Waals surface area contributed by atoms with Crippen LogP contribution < -0.4 is 10.6 Å². The maximum atomic E-state index is 5.03. The Morgan fingerprint density at radius 1 is 1.37 bits per heavy atom. The number of rotatable bonds is 3. The number of nitrogens with one attached hydrogen (secondary N) is 2. The minimum atomic E-state index is 0.509. The lowest BCUT2D eigenvalue weighted by Gasteiger charge is -2.22. The molecule has 0 unspecified atom stereocenters. The second-order valence-electron chi connectivity index (χ2n) is 4.94. The van der Waals surface area contributed by atoms with E-state index in [1.807, 2.05) is 25.1 Å². The molecular weight excluding hydrogens is 240 g/mol. The highest BCUT2D eigenvalue weighted by Gasteiger charge is 2.16. The van der Waals surface area contributed by atoms with Crippen LogP contribution in [0.2, 0.25) is 0 Å². The number of anilines is 2. The first-order valence-corrected chi connectivity index (χ1v) is 6.69. The molecule has 2 N–H and O–H groups in total. The Balaban J connectivity index is 1.75. The molecule has 3 rings (SSSR count). The Morgan fingerprint density at radius 3 is 3.05 bits per heavy atom. The Morgan fingerprint density at radius 2 is 2.32 bits per heavy atom. The van der Waals surface area contributed by atoms with Crippen LogP contribution in [0.15, 0.2) is 28.8 Å². The fourth-order valence-electron chi connectivity index (χ4n) is 2.41. The van der Waals surface area contributed by atoms with Gasteiger partial charge in [0.05, 0.1) is 0 Å². The number of aryl methyl sites for hydroxylation is 1. The molecule has 1 saturated heterocycles. The third-order valence-electron chi connectivity index (χ3n) is 3.37. The lowest BCUT2D eigenvalue weighted by molar-refractivity contribution is 0.400. The average molecular weight is 258 g/mol. The first kappa shape index (κ1) is 12.2. The molecule has 5 nitrogen and oxygen atoms in total. The zero-order chi connectivity index (χ0) is 13.1. The fraction of sp³-hybridized carbons (Fsp3) is 0.429. The van der Waals surface area contributed by atoms with Crippen molar-refractivity contribution >= 4 is 11.6 Å². The summed E-state index contributed by atoms with van der Waals surface area (Å²) in [7, 11) is 0. The third-order valence-corrected chi connectivity index (χ3v) is 3.37. The molecular formula is C14H18N4O. The number of aromatic nitrogens is 2. The summed E-state index contributed by atoms with van der Waals surface area (Å²) in [5.74, 6) is 2.81. The topological polar surface area (TPSA) is 63.0 Å². The van der Waals surface area contributed by atoms with Crippen molar-refractivity contribution in [3.05, 3.63) is 35.7 Å². The van der Waals surface area contributed by atoms with Crippen molar-refractivity contribution < 1.29 is 4.52 Å². The van der Waals surface area contributed by atoms with Crippen LogP contribution in [0.1, 0.15) is 30.2 Å². The first-order valence-electron chi connectivity index (χ1n) is 6.69. The van der Waals surface area contributed by atoms with Crippen LogP contribution in [-0.2, 0) is 0 Å². The molecule has 19 heavy (non-hydrogen) atoms. The zero-order valence-corrected chi connectivity index (χ0v) is 11.0. The molecule has 0 aromatic carbocycles. The van der Waals surface area contributed by atoms with Gasteiger partial charge in [0.1, 0.15) is 11.6 Å². The van der Waals surface area contributed by atoms with Crippen molar-refractivity contribution in [1.29, 1.82) is 0 Å². The number of piperidine rings is 1. The van der Waals surface area contributed by atoms with Gasteiger partial charge in [0.2, 0.25) is 0 Å². The quantitative estimate of drug-likeness (QED) is 0.886. The lowest BCUT2D eigenvalue weighted by Crippen LogP contribution is -2.28. The molecule has 5 heteroatoms. The normalized spacial score (nSPS) is 19.3. The lowest BCUT2D eigenvalue weighted by atomic mass is 9.96. The molecule has 1 fully saturated rings. The van der Waals surface area contributed by atoms with E-state index in [2.05, 4.69) is 26.8 Å². The van der Waals surface area contributed by atoms with Crippen molar-refractivity contribution in [1.82, 2.24) is 15.5 Å². The highest BCUT2D eigenvalue weighted by atomic mass is 16.5. The van der Waals surface area contributed by atoms with Crippen LogP contribution in [0.25, 0.3) is 0 Å². The number of pyridine rings is 1. The molecule has 2 aromatic heterocycles. The molecule has 2 aromatic rings. The van der Waals surface area contributed by atoms with Crippen molar-refractivity contribution in [2.24, 2.45) is 0 Å². The maximum Gasteiger partial charge on any atom is 0.175 e. The van der Waals surface area contributed by atoms with E-state index in [9.17, 15) is 0 Å². The van der Waals surface area contributed by atoms with Gasteiger partial charge < -0.3 is 15.2 Å². The SMILES string of the molecule is Cc1cc(Nc2cccc([C@@H]3CCCNC3)n2)no1. The standard InChI is InChI=1S/C14H18N4O/c1-10-8-14(18-19-10)17-13-6-2-5-12(16-13)11-4-3-7-15-9-11/h2,5-6,8,11,15H,3-4,7,9H2,1H3,(H,16,17,18)/t11-/m1/s1. The summed E-state index contributed by atoms with van der Waals surface area (Å²) in [6, 6.07) is 7.93. The van der Waals surface area contributed by atoms with Gasteiger partial charge in [-0.05, 0) is 38.4 Å². The van der Waals surface area contributed by atoms with Gasteiger partial charge in [0, 0.05) is 24.2 Å².